The Bertz CT molecular complexity index is 839. The molecule has 0 radical (unpaired) electrons. The summed E-state index contributed by atoms with van der Waals surface area (Å²) in [6.45, 7) is 5.26. The molecule has 6 nitrogen and oxygen atoms in total. The quantitative estimate of drug-likeness (QED) is 0.763. The standard InChI is InChI=1S/C21H31N3O3S/c1-3-16(4-2)24-12-17(13-24)28(26,27)23-21(25)22-20-18-9-5-7-14(18)11-15-8-6-10-19(15)20/h11,16-17H,3-10,12-13H2,1-2H3,(H2,22,23,25). The topological polar surface area (TPSA) is 78.5 Å². The largest absolute Gasteiger partial charge is 0.332 e. The van der Waals surface area contributed by atoms with Gasteiger partial charge in [-0.2, -0.15) is 0 Å². The van der Waals surface area contributed by atoms with Gasteiger partial charge in [0.25, 0.3) is 0 Å². The van der Waals surface area contributed by atoms with E-state index in [4.69, 9.17) is 0 Å². The van der Waals surface area contributed by atoms with Gasteiger partial charge in [-0.1, -0.05) is 19.9 Å². The van der Waals surface area contributed by atoms with Crippen LogP contribution in [0.1, 0.15) is 61.8 Å². The SMILES string of the molecule is CCC(CC)N1CC(S(=O)(=O)NC(=O)Nc2c3c(cc4c2CCC4)CCC3)C1. The third-order valence-electron chi connectivity index (χ3n) is 6.72. The Morgan fingerprint density at radius 1 is 1.07 bits per heavy atom. The second-order valence-corrected chi connectivity index (χ2v) is 10.3. The van der Waals surface area contributed by atoms with Crippen molar-refractivity contribution in [2.45, 2.75) is 76.5 Å². The average Bonchev–Trinajstić information content (AvgIpc) is 3.25. The number of anilines is 1. The van der Waals surface area contributed by atoms with Crippen LogP contribution < -0.4 is 10.0 Å². The number of amides is 2. The lowest BCUT2D eigenvalue weighted by Gasteiger charge is -2.43. The van der Waals surface area contributed by atoms with E-state index < -0.39 is 21.3 Å². The number of benzene rings is 1. The van der Waals surface area contributed by atoms with E-state index in [9.17, 15) is 13.2 Å². The van der Waals surface area contributed by atoms with Crippen molar-refractivity contribution in [3.05, 3.63) is 28.3 Å². The van der Waals surface area contributed by atoms with E-state index in [0.717, 1.165) is 57.1 Å². The number of aryl methyl sites for hydroxylation is 2. The highest BCUT2D eigenvalue weighted by Crippen LogP contribution is 2.38. The van der Waals surface area contributed by atoms with E-state index in [1.807, 2.05) is 0 Å². The number of hydrogen-bond donors (Lipinski definition) is 2. The van der Waals surface area contributed by atoms with Gasteiger partial charge < -0.3 is 5.32 Å². The molecule has 1 fully saturated rings. The highest BCUT2D eigenvalue weighted by atomic mass is 32.2. The molecule has 1 saturated heterocycles. The number of likely N-dealkylation sites (tertiary alicyclic amines) is 1. The van der Waals surface area contributed by atoms with Crippen LogP contribution in [0.4, 0.5) is 10.5 Å². The number of nitrogens with zero attached hydrogens (tertiary/aromatic N) is 1. The summed E-state index contributed by atoms with van der Waals surface area (Å²) in [6.07, 6.45) is 8.23. The van der Waals surface area contributed by atoms with Crippen molar-refractivity contribution in [2.24, 2.45) is 0 Å². The lowest BCUT2D eigenvalue weighted by atomic mass is 9.99. The number of carbonyl (C=O) groups is 1. The molecule has 7 heteroatoms. The van der Waals surface area contributed by atoms with Gasteiger partial charge in [0, 0.05) is 24.8 Å². The molecule has 1 aliphatic heterocycles. The Hall–Kier alpha value is -1.60. The predicted molar refractivity (Wildman–Crippen MR) is 111 cm³/mol. The first-order chi connectivity index (χ1) is 13.4. The molecule has 4 rings (SSSR count). The molecule has 0 aromatic heterocycles. The summed E-state index contributed by atoms with van der Waals surface area (Å²) in [6, 6.07) is 2.11. The van der Waals surface area contributed by atoms with Gasteiger partial charge in [0.05, 0.1) is 0 Å². The molecule has 28 heavy (non-hydrogen) atoms. The summed E-state index contributed by atoms with van der Waals surface area (Å²) >= 11 is 0. The number of nitrogens with one attached hydrogen (secondary N) is 2. The van der Waals surface area contributed by atoms with Crippen LogP contribution in [0.25, 0.3) is 0 Å². The van der Waals surface area contributed by atoms with Gasteiger partial charge in [-0.25, -0.2) is 17.9 Å². The molecule has 1 aromatic carbocycles. The smallest absolute Gasteiger partial charge is 0.307 e. The second-order valence-electron chi connectivity index (χ2n) is 8.38. The average molecular weight is 406 g/mol. The molecule has 2 amide bonds. The Morgan fingerprint density at radius 3 is 2.18 bits per heavy atom. The van der Waals surface area contributed by atoms with Gasteiger partial charge in [-0.3, -0.25) is 4.90 Å². The molecule has 3 aliphatic rings. The molecular weight excluding hydrogens is 374 g/mol. The zero-order chi connectivity index (χ0) is 19.9. The van der Waals surface area contributed by atoms with Crippen molar-refractivity contribution in [1.82, 2.24) is 9.62 Å². The maximum absolute atomic E-state index is 12.6. The lowest BCUT2D eigenvalue weighted by Crippen LogP contribution is -2.61. The molecule has 154 valence electrons. The molecule has 1 heterocycles. The van der Waals surface area contributed by atoms with Gasteiger partial charge in [-0.15, -0.1) is 0 Å². The first-order valence-electron chi connectivity index (χ1n) is 10.7. The zero-order valence-corrected chi connectivity index (χ0v) is 17.7. The number of hydrogen-bond acceptors (Lipinski definition) is 4. The maximum atomic E-state index is 12.6. The van der Waals surface area contributed by atoms with Gasteiger partial charge in [0.2, 0.25) is 10.0 Å². The monoisotopic (exact) mass is 405 g/mol. The van der Waals surface area contributed by atoms with Gasteiger partial charge in [-0.05, 0) is 73.6 Å². The first-order valence-corrected chi connectivity index (χ1v) is 12.2. The van der Waals surface area contributed by atoms with Gasteiger partial charge >= 0.3 is 6.03 Å². The fraction of sp³-hybridized carbons (Fsp3) is 0.667. The summed E-state index contributed by atoms with van der Waals surface area (Å²) in [5, 5.41) is 2.41. The first kappa shape index (κ1) is 19.7. The molecule has 0 saturated carbocycles. The van der Waals surface area contributed by atoms with Crippen molar-refractivity contribution in [3.63, 3.8) is 0 Å². The number of rotatable bonds is 6. The molecular formula is C21H31N3O3S. The summed E-state index contributed by atoms with van der Waals surface area (Å²) in [5.41, 5.74) is 5.92. The Labute approximate surface area is 168 Å². The molecule has 1 aromatic rings. The van der Waals surface area contributed by atoms with Crippen molar-refractivity contribution in [2.75, 3.05) is 18.4 Å². The summed E-state index contributed by atoms with van der Waals surface area (Å²) in [5.74, 6) is 0. The van der Waals surface area contributed by atoms with E-state index in [1.54, 1.807) is 0 Å². The molecule has 0 atom stereocenters. The van der Waals surface area contributed by atoms with E-state index in [1.165, 1.54) is 22.3 Å². The minimum atomic E-state index is -3.66. The summed E-state index contributed by atoms with van der Waals surface area (Å²) in [7, 11) is -3.66. The molecule has 0 spiro atoms. The Kier molecular flexibility index (Phi) is 5.40. The van der Waals surface area contributed by atoms with Gasteiger partial charge in [0.15, 0.2) is 0 Å². The third-order valence-corrected chi connectivity index (χ3v) is 8.37. The van der Waals surface area contributed by atoms with Crippen LogP contribution in [-0.4, -0.2) is 43.7 Å². The van der Waals surface area contributed by atoms with E-state index in [-0.39, 0.29) is 0 Å². The minimum Gasteiger partial charge on any atom is -0.307 e. The van der Waals surface area contributed by atoms with Crippen molar-refractivity contribution < 1.29 is 13.2 Å². The molecule has 2 aliphatic carbocycles. The number of fused-ring (bicyclic) bond motifs is 2. The van der Waals surface area contributed by atoms with Crippen molar-refractivity contribution in [1.29, 1.82) is 0 Å². The highest BCUT2D eigenvalue weighted by Gasteiger charge is 2.40. The number of urea groups is 1. The third kappa shape index (κ3) is 3.54. The maximum Gasteiger partial charge on any atom is 0.332 e. The van der Waals surface area contributed by atoms with Crippen molar-refractivity contribution >= 4 is 21.7 Å². The second kappa shape index (κ2) is 7.67. The summed E-state index contributed by atoms with van der Waals surface area (Å²) in [4.78, 5) is 14.8. The van der Waals surface area contributed by atoms with Crippen LogP contribution in [0.5, 0.6) is 0 Å². The molecule has 2 N–H and O–H groups in total. The molecule has 0 unspecified atom stereocenters. The van der Waals surface area contributed by atoms with Crippen LogP contribution in [0, 0.1) is 0 Å². The number of carbonyl (C=O) groups excluding carboxylic acids is 1. The highest BCUT2D eigenvalue weighted by molar-refractivity contribution is 7.90. The van der Waals surface area contributed by atoms with Crippen LogP contribution in [0.3, 0.4) is 0 Å². The van der Waals surface area contributed by atoms with Crippen LogP contribution in [0.2, 0.25) is 0 Å². The van der Waals surface area contributed by atoms with Crippen LogP contribution in [0.15, 0.2) is 6.07 Å². The van der Waals surface area contributed by atoms with E-state index >= 15 is 0 Å². The number of sulfonamides is 1. The molecule has 0 bridgehead atoms. The predicted octanol–water partition coefficient (Wildman–Crippen LogP) is 2.99. The lowest BCUT2D eigenvalue weighted by molar-refractivity contribution is 0.114. The Balaban J connectivity index is 1.43. The van der Waals surface area contributed by atoms with E-state index in [2.05, 4.69) is 34.9 Å². The summed E-state index contributed by atoms with van der Waals surface area (Å²) < 4.78 is 27.5. The van der Waals surface area contributed by atoms with E-state index in [0.29, 0.717) is 19.1 Å². The Morgan fingerprint density at radius 2 is 1.64 bits per heavy atom. The normalized spacial score (nSPS) is 19.4. The fourth-order valence-corrected chi connectivity index (χ4v) is 6.34. The van der Waals surface area contributed by atoms with Crippen LogP contribution in [-0.2, 0) is 35.7 Å². The van der Waals surface area contributed by atoms with Crippen molar-refractivity contribution in [3.8, 4) is 0 Å². The minimum absolute atomic E-state index is 0.426. The fourth-order valence-electron chi connectivity index (χ4n) is 5.09. The van der Waals surface area contributed by atoms with Crippen LogP contribution >= 0.6 is 0 Å². The zero-order valence-electron chi connectivity index (χ0n) is 16.9. The van der Waals surface area contributed by atoms with Gasteiger partial charge in [0.1, 0.15) is 5.25 Å².